The zero-order valence-electron chi connectivity index (χ0n) is 44.1. The third-order valence-corrected chi connectivity index (χ3v) is 19.2. The van der Waals surface area contributed by atoms with Gasteiger partial charge in [-0.25, -0.2) is 0 Å². The lowest BCUT2D eigenvalue weighted by molar-refractivity contribution is 0.599. The summed E-state index contributed by atoms with van der Waals surface area (Å²) in [5, 5.41) is 7.52. The molecule has 362 valence electrons. The summed E-state index contributed by atoms with van der Waals surface area (Å²) in [4.78, 5) is 0. The average Bonchev–Trinajstić information content (AvgIpc) is 4.41. The number of furan rings is 2. The summed E-state index contributed by atoms with van der Waals surface area (Å²) in [5.74, 6) is 0.237. The molecule has 0 spiro atoms. The maximum atomic E-state index is 6.99. The van der Waals surface area contributed by atoms with Gasteiger partial charge in [0.15, 0.2) is 0 Å². The van der Waals surface area contributed by atoms with Gasteiger partial charge in [0.05, 0.1) is 0 Å². The van der Waals surface area contributed by atoms with Crippen molar-refractivity contribution < 1.29 is 8.83 Å². The molecule has 1 atom stereocenters. The van der Waals surface area contributed by atoms with E-state index in [1.165, 1.54) is 138 Å². The van der Waals surface area contributed by atoms with Crippen LogP contribution in [0, 0.1) is 0 Å². The molecule has 0 amide bonds. The van der Waals surface area contributed by atoms with Crippen LogP contribution in [0.3, 0.4) is 0 Å². The lowest BCUT2D eigenvalue weighted by Gasteiger charge is -2.31. The van der Waals surface area contributed by atoms with Crippen LogP contribution in [0.4, 0.5) is 0 Å². The molecule has 0 radical (unpaired) electrons. The molecule has 2 heteroatoms. The highest BCUT2D eigenvalue weighted by molar-refractivity contribution is 6.21. The van der Waals surface area contributed by atoms with Crippen molar-refractivity contribution in [1.82, 2.24) is 0 Å². The van der Waals surface area contributed by atoms with Crippen molar-refractivity contribution in [1.29, 1.82) is 0 Å². The van der Waals surface area contributed by atoms with Gasteiger partial charge in [-0.3, -0.25) is 0 Å². The Morgan fingerprint density at radius 1 is 0.347 bits per heavy atom. The second-order valence-corrected chi connectivity index (χ2v) is 24.7. The van der Waals surface area contributed by atoms with Gasteiger partial charge in [-0.2, -0.15) is 0 Å². The van der Waals surface area contributed by atoms with Crippen LogP contribution in [0.1, 0.15) is 123 Å². The first-order valence-electron chi connectivity index (χ1n) is 27.2. The maximum Gasteiger partial charge on any atom is 0.144 e. The van der Waals surface area contributed by atoms with Crippen molar-refractivity contribution >= 4 is 54.6 Å². The Morgan fingerprint density at radius 2 is 0.893 bits per heavy atom. The number of hydrogen-bond donors (Lipinski definition) is 0. The molecular weight excluding hydrogens is 909 g/mol. The van der Waals surface area contributed by atoms with E-state index in [0.717, 1.165) is 35.2 Å². The fourth-order valence-electron chi connectivity index (χ4n) is 15.6. The fraction of sp³-hybridized carbons (Fsp3) is 0.205. The molecule has 0 aliphatic heterocycles. The SMILES string of the molecule is CC1(C)c2cc(CC(Cc3ccc4c(c3)C(C)(C)c3c5c(c6oc7ccccc7c6c3-4)-c3ccccc3C5(C)C)c3cccc4ccccc34)ccc2-c2cc3c(cc21)-c1c(ccc2oc4ccccc4c12)C3(C)C. The van der Waals surface area contributed by atoms with Crippen molar-refractivity contribution in [2.24, 2.45) is 0 Å². The van der Waals surface area contributed by atoms with Gasteiger partial charge in [-0.15, -0.1) is 0 Å². The van der Waals surface area contributed by atoms with E-state index in [0.29, 0.717) is 0 Å². The number of hydrogen-bond acceptors (Lipinski definition) is 2. The topological polar surface area (TPSA) is 26.3 Å². The molecule has 2 heterocycles. The quantitative estimate of drug-likeness (QED) is 0.172. The average molecular weight is 967 g/mol. The second kappa shape index (κ2) is 14.5. The Kier molecular flexibility index (Phi) is 8.38. The van der Waals surface area contributed by atoms with Gasteiger partial charge in [0.1, 0.15) is 22.3 Å². The highest BCUT2D eigenvalue weighted by Crippen LogP contribution is 2.64. The minimum absolute atomic E-state index is 0.150. The molecule has 10 aromatic carbocycles. The first-order chi connectivity index (χ1) is 36.2. The van der Waals surface area contributed by atoms with E-state index >= 15 is 0 Å². The van der Waals surface area contributed by atoms with Crippen LogP contribution < -0.4 is 0 Å². The fourth-order valence-corrected chi connectivity index (χ4v) is 15.6. The van der Waals surface area contributed by atoms with Crippen molar-refractivity contribution in [3.63, 3.8) is 0 Å². The molecule has 0 bridgehead atoms. The van der Waals surface area contributed by atoms with E-state index in [-0.39, 0.29) is 27.6 Å². The van der Waals surface area contributed by atoms with Crippen LogP contribution in [0.2, 0.25) is 0 Å². The van der Waals surface area contributed by atoms with Gasteiger partial charge < -0.3 is 8.83 Å². The Balaban J connectivity index is 0.815. The monoisotopic (exact) mass is 966 g/mol. The third-order valence-electron chi connectivity index (χ3n) is 19.2. The van der Waals surface area contributed by atoms with Gasteiger partial charge in [-0.1, -0.05) is 201 Å². The van der Waals surface area contributed by atoms with Crippen LogP contribution in [-0.2, 0) is 34.5 Å². The molecule has 0 saturated heterocycles. The van der Waals surface area contributed by atoms with E-state index in [9.17, 15) is 0 Å². The third kappa shape index (κ3) is 5.55. The Hall–Kier alpha value is -7.94. The lowest BCUT2D eigenvalue weighted by atomic mass is 9.72. The minimum Gasteiger partial charge on any atom is -0.456 e. The summed E-state index contributed by atoms with van der Waals surface area (Å²) in [6.45, 7) is 19.5. The van der Waals surface area contributed by atoms with Crippen molar-refractivity contribution in [3.05, 3.63) is 237 Å². The largest absolute Gasteiger partial charge is 0.456 e. The normalized spacial score (nSPS) is 16.7. The molecule has 0 N–H and O–H groups in total. The van der Waals surface area contributed by atoms with Crippen molar-refractivity contribution in [3.8, 4) is 44.5 Å². The summed E-state index contributed by atoms with van der Waals surface area (Å²) in [5.41, 5.74) is 29.3. The van der Waals surface area contributed by atoms with Crippen LogP contribution in [0.25, 0.3) is 99.2 Å². The molecule has 2 nitrogen and oxygen atoms in total. The summed E-state index contributed by atoms with van der Waals surface area (Å²) in [7, 11) is 0. The zero-order chi connectivity index (χ0) is 50.7. The van der Waals surface area contributed by atoms with Gasteiger partial charge in [-0.05, 0) is 160 Å². The predicted octanol–water partition coefficient (Wildman–Crippen LogP) is 19.4. The molecule has 16 rings (SSSR count). The maximum absolute atomic E-state index is 6.99. The number of rotatable bonds is 5. The lowest BCUT2D eigenvalue weighted by Crippen LogP contribution is -2.24. The summed E-state index contributed by atoms with van der Waals surface area (Å²) < 4.78 is 13.5. The van der Waals surface area contributed by atoms with E-state index in [2.05, 4.69) is 231 Å². The number of para-hydroxylation sites is 2. The Labute approximate surface area is 438 Å². The van der Waals surface area contributed by atoms with Crippen LogP contribution in [-0.4, -0.2) is 0 Å². The van der Waals surface area contributed by atoms with E-state index in [1.54, 1.807) is 0 Å². The molecule has 0 saturated carbocycles. The summed E-state index contributed by atoms with van der Waals surface area (Å²) >= 11 is 0. The van der Waals surface area contributed by atoms with Gasteiger partial charge >= 0.3 is 0 Å². The molecule has 2 aromatic heterocycles. The molecular formula is C73H58O2. The molecule has 75 heavy (non-hydrogen) atoms. The second-order valence-electron chi connectivity index (χ2n) is 24.7. The first kappa shape index (κ1) is 43.5. The highest BCUT2D eigenvalue weighted by atomic mass is 16.3. The smallest absolute Gasteiger partial charge is 0.144 e. The zero-order valence-corrected chi connectivity index (χ0v) is 44.1. The molecule has 4 aliphatic carbocycles. The molecule has 12 aromatic rings. The molecule has 4 aliphatic rings. The van der Waals surface area contributed by atoms with Crippen LogP contribution in [0.15, 0.2) is 185 Å². The first-order valence-corrected chi connectivity index (χ1v) is 27.2. The van der Waals surface area contributed by atoms with Crippen molar-refractivity contribution in [2.75, 3.05) is 0 Å². The van der Waals surface area contributed by atoms with E-state index in [1.807, 2.05) is 0 Å². The Bertz CT molecular complexity index is 4530. The van der Waals surface area contributed by atoms with Crippen molar-refractivity contribution in [2.45, 2.75) is 95.8 Å². The number of fused-ring (bicyclic) bond motifs is 23. The highest BCUT2D eigenvalue weighted by Gasteiger charge is 2.49. The van der Waals surface area contributed by atoms with Gasteiger partial charge in [0.25, 0.3) is 0 Å². The Morgan fingerprint density at radius 3 is 1.67 bits per heavy atom. The standard InChI is InChI=1S/C73H58O2/c1-70(2)54-32-33-61-63(49-22-12-15-26-59(49)74-61)62(54)52-39-57-51(38-58(52)70)46-30-28-40(36-55(46)71(57,3)4)34-43(45-24-17-19-42-18-9-10-20-44(42)45)35-41-29-31-48-56(37-41)73(7,8)67-64(48)65-50-23-13-16-27-60(50)75-69(65)66-47-21-11-14-25-53(47)72(5,6)68(66)67/h9-33,36-39,43H,34-35H2,1-8H3. The van der Waals surface area contributed by atoms with Crippen LogP contribution in [0.5, 0.6) is 0 Å². The minimum atomic E-state index is -0.248. The predicted molar refractivity (Wildman–Crippen MR) is 312 cm³/mol. The molecule has 1 unspecified atom stereocenters. The van der Waals surface area contributed by atoms with Gasteiger partial charge in [0, 0.05) is 48.8 Å². The number of benzene rings is 10. The molecule has 0 fully saturated rings. The van der Waals surface area contributed by atoms with E-state index in [4.69, 9.17) is 8.83 Å². The summed E-state index contributed by atoms with van der Waals surface area (Å²) in [6, 6.07) is 66.8. The van der Waals surface area contributed by atoms with Crippen LogP contribution >= 0.6 is 0 Å². The van der Waals surface area contributed by atoms with E-state index < -0.39 is 0 Å². The van der Waals surface area contributed by atoms with Gasteiger partial charge in [0.2, 0.25) is 0 Å². The summed E-state index contributed by atoms with van der Waals surface area (Å²) in [6.07, 6.45) is 1.85.